The highest BCUT2D eigenvalue weighted by Gasteiger charge is 2.09. The molecule has 1 amide bonds. The molecule has 0 unspecified atom stereocenters. The average Bonchev–Trinajstić information content (AvgIpc) is 2.59. The molecule has 0 saturated carbocycles. The van der Waals surface area contributed by atoms with Gasteiger partial charge < -0.3 is 15.2 Å². The van der Waals surface area contributed by atoms with Crippen molar-refractivity contribution in [2.24, 2.45) is 0 Å². The molecule has 25 heavy (non-hydrogen) atoms. The van der Waals surface area contributed by atoms with Crippen molar-refractivity contribution in [1.82, 2.24) is 0 Å². The number of carbonyl (C=O) groups is 3. The number of benzene rings is 2. The summed E-state index contributed by atoms with van der Waals surface area (Å²) in [7, 11) is 1.48. The van der Waals surface area contributed by atoms with Crippen molar-refractivity contribution < 1.29 is 24.2 Å². The van der Waals surface area contributed by atoms with Crippen molar-refractivity contribution in [1.29, 1.82) is 0 Å². The number of rotatable bonds is 6. The van der Waals surface area contributed by atoms with Crippen LogP contribution in [0, 0.1) is 0 Å². The summed E-state index contributed by atoms with van der Waals surface area (Å²) >= 11 is 0. The Hall–Kier alpha value is -3.41. The van der Waals surface area contributed by atoms with Gasteiger partial charge in [-0.05, 0) is 42.0 Å². The van der Waals surface area contributed by atoms with Crippen LogP contribution in [0.1, 0.15) is 33.2 Å². The number of amides is 1. The zero-order chi connectivity index (χ0) is 18.4. The Morgan fingerprint density at radius 2 is 1.68 bits per heavy atom. The molecule has 0 fully saturated rings. The van der Waals surface area contributed by atoms with Crippen LogP contribution in [0.4, 0.5) is 5.69 Å². The summed E-state index contributed by atoms with van der Waals surface area (Å²) in [6, 6.07) is 10.9. The number of carbonyl (C=O) groups excluding carboxylic acids is 2. The summed E-state index contributed by atoms with van der Waals surface area (Å²) < 4.78 is 5.15. The number of ketones is 1. The lowest BCUT2D eigenvalue weighted by atomic mass is 10.1. The molecule has 2 rings (SSSR count). The van der Waals surface area contributed by atoms with Crippen LogP contribution in [0.2, 0.25) is 0 Å². The fourth-order valence-corrected chi connectivity index (χ4v) is 2.15. The van der Waals surface area contributed by atoms with Gasteiger partial charge in [0.05, 0.1) is 18.4 Å². The zero-order valence-corrected chi connectivity index (χ0v) is 13.8. The lowest BCUT2D eigenvalue weighted by Crippen LogP contribution is -2.08. The number of hydrogen-bond acceptors (Lipinski definition) is 4. The van der Waals surface area contributed by atoms with Crippen LogP contribution >= 0.6 is 0 Å². The zero-order valence-electron chi connectivity index (χ0n) is 13.8. The van der Waals surface area contributed by atoms with Crippen LogP contribution < -0.4 is 10.1 Å². The number of nitrogens with one attached hydrogen (secondary N) is 1. The molecule has 0 spiro atoms. The van der Waals surface area contributed by atoms with Gasteiger partial charge in [0.1, 0.15) is 5.75 Å². The first-order valence-electron chi connectivity index (χ1n) is 7.42. The normalized spacial score (nSPS) is 10.5. The molecular formula is C19H17NO5. The van der Waals surface area contributed by atoms with E-state index in [0.29, 0.717) is 22.6 Å². The van der Waals surface area contributed by atoms with E-state index in [-0.39, 0.29) is 17.3 Å². The lowest BCUT2D eigenvalue weighted by Gasteiger charge is -2.09. The second-order valence-electron chi connectivity index (χ2n) is 5.22. The fourth-order valence-electron chi connectivity index (χ4n) is 2.15. The first kappa shape index (κ1) is 17.9. The van der Waals surface area contributed by atoms with Gasteiger partial charge in [-0.1, -0.05) is 18.2 Å². The molecule has 2 N–H and O–H groups in total. The SMILES string of the molecule is COc1ccc(C(=O)/C=C\c2ccc(C(=O)O)cc2)cc1NC(C)=O. The van der Waals surface area contributed by atoms with E-state index < -0.39 is 5.97 Å². The van der Waals surface area contributed by atoms with E-state index >= 15 is 0 Å². The molecule has 0 atom stereocenters. The summed E-state index contributed by atoms with van der Waals surface area (Å²) in [5, 5.41) is 11.5. The highest BCUT2D eigenvalue weighted by Crippen LogP contribution is 2.26. The van der Waals surface area contributed by atoms with Gasteiger partial charge in [-0.25, -0.2) is 4.79 Å². The number of ether oxygens (including phenoxy) is 1. The number of carboxylic acids is 1. The minimum absolute atomic E-state index is 0.179. The monoisotopic (exact) mass is 339 g/mol. The number of carboxylic acid groups (broad SMARTS) is 1. The van der Waals surface area contributed by atoms with Crippen LogP contribution in [-0.2, 0) is 4.79 Å². The van der Waals surface area contributed by atoms with Crippen LogP contribution in [0.15, 0.2) is 48.5 Å². The summed E-state index contributed by atoms with van der Waals surface area (Å²) in [5.74, 6) is -1.07. The first-order chi connectivity index (χ1) is 11.9. The third-order valence-corrected chi connectivity index (χ3v) is 3.38. The molecule has 0 bridgehead atoms. The molecule has 0 aliphatic carbocycles. The molecule has 2 aromatic rings. The molecule has 0 aromatic heterocycles. The summed E-state index contributed by atoms with van der Waals surface area (Å²) in [5.41, 5.74) is 1.69. The van der Waals surface area contributed by atoms with Gasteiger partial charge in [0, 0.05) is 12.5 Å². The van der Waals surface area contributed by atoms with E-state index in [1.165, 1.54) is 32.2 Å². The largest absolute Gasteiger partial charge is 0.495 e. The van der Waals surface area contributed by atoms with Crippen LogP contribution in [0.5, 0.6) is 5.75 Å². The molecule has 0 radical (unpaired) electrons. The third kappa shape index (κ3) is 4.78. The Morgan fingerprint density at radius 3 is 2.24 bits per heavy atom. The second kappa shape index (κ2) is 7.92. The maximum Gasteiger partial charge on any atom is 0.335 e. The third-order valence-electron chi connectivity index (χ3n) is 3.38. The highest BCUT2D eigenvalue weighted by atomic mass is 16.5. The number of anilines is 1. The Kier molecular flexibility index (Phi) is 5.68. The van der Waals surface area contributed by atoms with Gasteiger partial charge >= 0.3 is 5.97 Å². The topological polar surface area (TPSA) is 92.7 Å². The molecule has 0 saturated heterocycles. The highest BCUT2D eigenvalue weighted by molar-refractivity contribution is 6.08. The van der Waals surface area contributed by atoms with Crippen molar-refractivity contribution in [2.75, 3.05) is 12.4 Å². The number of methoxy groups -OCH3 is 1. The minimum Gasteiger partial charge on any atom is -0.495 e. The van der Waals surface area contributed by atoms with Crippen molar-refractivity contribution in [2.45, 2.75) is 6.92 Å². The van der Waals surface area contributed by atoms with E-state index in [4.69, 9.17) is 9.84 Å². The predicted octanol–water partition coefficient (Wildman–Crippen LogP) is 3.25. The molecule has 2 aromatic carbocycles. The van der Waals surface area contributed by atoms with Crippen molar-refractivity contribution >= 4 is 29.4 Å². The lowest BCUT2D eigenvalue weighted by molar-refractivity contribution is -0.114. The second-order valence-corrected chi connectivity index (χ2v) is 5.22. The standard InChI is InChI=1S/C19H17NO5/c1-12(21)20-16-11-15(8-10-18(16)25-2)17(22)9-5-13-3-6-14(7-4-13)19(23)24/h3-11H,1-2H3,(H,20,21)(H,23,24)/b9-5-. The molecular weight excluding hydrogens is 322 g/mol. The minimum atomic E-state index is -1.00. The van der Waals surface area contributed by atoms with Gasteiger partial charge in [0.15, 0.2) is 5.78 Å². The van der Waals surface area contributed by atoms with Gasteiger partial charge in [0.2, 0.25) is 5.91 Å². The van der Waals surface area contributed by atoms with Crippen molar-refractivity contribution in [3.05, 3.63) is 65.2 Å². The number of hydrogen-bond donors (Lipinski definition) is 2. The van der Waals surface area contributed by atoms with E-state index in [1.54, 1.807) is 36.4 Å². The average molecular weight is 339 g/mol. The quantitative estimate of drug-likeness (QED) is 0.622. The first-order valence-corrected chi connectivity index (χ1v) is 7.42. The summed E-state index contributed by atoms with van der Waals surface area (Å²) in [4.78, 5) is 34.3. The molecule has 0 heterocycles. The number of aromatic carboxylic acids is 1. The summed E-state index contributed by atoms with van der Waals surface area (Å²) in [6.07, 6.45) is 2.98. The van der Waals surface area contributed by atoms with Crippen LogP contribution in [0.25, 0.3) is 6.08 Å². The van der Waals surface area contributed by atoms with Crippen molar-refractivity contribution in [3.63, 3.8) is 0 Å². The fraction of sp³-hybridized carbons (Fsp3) is 0.105. The Bertz CT molecular complexity index is 837. The van der Waals surface area contributed by atoms with Gasteiger partial charge in [0.25, 0.3) is 0 Å². The molecule has 128 valence electrons. The maximum absolute atomic E-state index is 12.3. The molecule has 6 heteroatoms. The molecule has 6 nitrogen and oxygen atoms in total. The van der Waals surface area contributed by atoms with Crippen LogP contribution in [-0.4, -0.2) is 29.9 Å². The van der Waals surface area contributed by atoms with Gasteiger partial charge in [-0.3, -0.25) is 9.59 Å². The Labute approximate surface area is 144 Å². The van der Waals surface area contributed by atoms with E-state index in [2.05, 4.69) is 5.32 Å². The Morgan fingerprint density at radius 1 is 1.04 bits per heavy atom. The van der Waals surface area contributed by atoms with E-state index in [1.807, 2.05) is 0 Å². The van der Waals surface area contributed by atoms with E-state index in [9.17, 15) is 14.4 Å². The van der Waals surface area contributed by atoms with E-state index in [0.717, 1.165) is 0 Å². The van der Waals surface area contributed by atoms with Crippen LogP contribution in [0.3, 0.4) is 0 Å². The molecule has 0 aliphatic rings. The predicted molar refractivity (Wildman–Crippen MR) is 94.1 cm³/mol. The van der Waals surface area contributed by atoms with Gasteiger partial charge in [-0.15, -0.1) is 0 Å². The van der Waals surface area contributed by atoms with Gasteiger partial charge in [-0.2, -0.15) is 0 Å². The molecule has 0 aliphatic heterocycles. The van der Waals surface area contributed by atoms with Crippen molar-refractivity contribution in [3.8, 4) is 5.75 Å². The summed E-state index contributed by atoms with van der Waals surface area (Å²) in [6.45, 7) is 1.37. The number of allylic oxidation sites excluding steroid dienone is 1. The maximum atomic E-state index is 12.3. The Balaban J connectivity index is 2.19. The smallest absolute Gasteiger partial charge is 0.335 e.